The molecule has 0 fully saturated rings. The first-order valence-corrected chi connectivity index (χ1v) is 6.24. The van der Waals surface area contributed by atoms with Gasteiger partial charge in [0.1, 0.15) is 0 Å². The number of fused-ring (bicyclic) bond motifs is 1. The van der Waals surface area contributed by atoms with Gasteiger partial charge in [-0.15, -0.1) is 11.8 Å². The lowest BCUT2D eigenvalue weighted by molar-refractivity contribution is -0.137. The van der Waals surface area contributed by atoms with Gasteiger partial charge in [0, 0.05) is 23.7 Å². The Bertz CT molecular complexity index is 419. The van der Waals surface area contributed by atoms with E-state index < -0.39 is 5.97 Å². The standard InChI is InChI=1S/C12H15NO2S/c1-8-3-4-11-10(5-8)13(2)9(7-16-11)6-12(14)15/h3-5,9H,6-7H2,1-2H3,(H,14,15). The van der Waals surface area contributed by atoms with E-state index in [1.165, 1.54) is 10.5 Å². The van der Waals surface area contributed by atoms with Gasteiger partial charge in [0.2, 0.25) is 0 Å². The molecule has 4 heteroatoms. The van der Waals surface area contributed by atoms with E-state index in [4.69, 9.17) is 5.11 Å². The summed E-state index contributed by atoms with van der Waals surface area (Å²) in [7, 11) is 1.98. The molecular formula is C12H15NO2S. The second-order valence-corrected chi connectivity index (χ2v) is 5.21. The molecule has 1 aromatic rings. The molecule has 0 bridgehead atoms. The monoisotopic (exact) mass is 237 g/mol. The van der Waals surface area contributed by atoms with Crippen molar-refractivity contribution in [2.24, 2.45) is 0 Å². The molecule has 1 aromatic carbocycles. The zero-order valence-corrected chi connectivity index (χ0v) is 10.3. The van der Waals surface area contributed by atoms with E-state index in [1.54, 1.807) is 11.8 Å². The summed E-state index contributed by atoms with van der Waals surface area (Å²) in [5.41, 5.74) is 2.37. The maximum absolute atomic E-state index is 10.8. The van der Waals surface area contributed by atoms with Crippen molar-refractivity contribution in [1.29, 1.82) is 0 Å². The van der Waals surface area contributed by atoms with Crippen molar-refractivity contribution in [2.75, 3.05) is 17.7 Å². The van der Waals surface area contributed by atoms with Crippen LogP contribution in [-0.2, 0) is 4.79 Å². The Balaban J connectivity index is 2.26. The highest BCUT2D eigenvalue weighted by molar-refractivity contribution is 7.99. The number of thioether (sulfide) groups is 1. The summed E-state index contributed by atoms with van der Waals surface area (Å²) in [4.78, 5) is 14.1. The lowest BCUT2D eigenvalue weighted by Gasteiger charge is -2.35. The smallest absolute Gasteiger partial charge is 0.305 e. The Labute approximate surface area is 99.5 Å². The second kappa shape index (κ2) is 4.37. The maximum Gasteiger partial charge on any atom is 0.305 e. The fourth-order valence-electron chi connectivity index (χ4n) is 1.92. The number of rotatable bonds is 2. The van der Waals surface area contributed by atoms with Gasteiger partial charge in [-0.2, -0.15) is 0 Å². The molecule has 16 heavy (non-hydrogen) atoms. The van der Waals surface area contributed by atoms with Crippen molar-refractivity contribution in [3.63, 3.8) is 0 Å². The van der Waals surface area contributed by atoms with Crippen molar-refractivity contribution in [3.05, 3.63) is 23.8 Å². The third-order valence-electron chi connectivity index (χ3n) is 2.88. The number of hydrogen-bond acceptors (Lipinski definition) is 3. The number of nitrogens with zero attached hydrogens (tertiary/aromatic N) is 1. The van der Waals surface area contributed by atoms with Crippen LogP contribution >= 0.6 is 11.8 Å². The zero-order valence-electron chi connectivity index (χ0n) is 9.43. The molecule has 2 rings (SSSR count). The first kappa shape index (κ1) is 11.3. The summed E-state index contributed by atoms with van der Waals surface area (Å²) in [6, 6.07) is 6.42. The molecule has 1 aliphatic heterocycles. The molecule has 0 saturated carbocycles. The van der Waals surface area contributed by atoms with Crippen LogP contribution in [0.3, 0.4) is 0 Å². The van der Waals surface area contributed by atoms with Crippen LogP contribution in [0.1, 0.15) is 12.0 Å². The number of hydrogen-bond donors (Lipinski definition) is 1. The van der Waals surface area contributed by atoms with Crippen molar-refractivity contribution in [3.8, 4) is 0 Å². The molecule has 1 N–H and O–H groups in total. The summed E-state index contributed by atoms with van der Waals surface area (Å²) in [6.45, 7) is 2.06. The van der Waals surface area contributed by atoms with Crippen LogP contribution in [0.5, 0.6) is 0 Å². The normalized spacial score (nSPS) is 19.4. The third kappa shape index (κ3) is 2.16. The van der Waals surface area contributed by atoms with Crippen molar-refractivity contribution in [1.82, 2.24) is 0 Å². The Morgan fingerprint density at radius 3 is 3.06 bits per heavy atom. The molecule has 1 aliphatic rings. The van der Waals surface area contributed by atoms with Gasteiger partial charge in [0.05, 0.1) is 12.1 Å². The Morgan fingerprint density at radius 2 is 2.38 bits per heavy atom. The molecule has 0 aromatic heterocycles. The number of anilines is 1. The zero-order chi connectivity index (χ0) is 11.7. The Kier molecular flexibility index (Phi) is 3.10. The molecule has 0 saturated heterocycles. The van der Waals surface area contributed by atoms with Crippen LogP contribution in [0.15, 0.2) is 23.1 Å². The number of benzene rings is 1. The molecule has 1 unspecified atom stereocenters. The minimum Gasteiger partial charge on any atom is -0.481 e. The fraction of sp³-hybridized carbons (Fsp3) is 0.417. The highest BCUT2D eigenvalue weighted by Crippen LogP contribution is 2.37. The summed E-state index contributed by atoms with van der Waals surface area (Å²) in [5, 5.41) is 8.85. The molecule has 1 atom stereocenters. The van der Waals surface area contributed by atoms with E-state index in [-0.39, 0.29) is 12.5 Å². The van der Waals surface area contributed by atoms with E-state index in [1.807, 2.05) is 7.05 Å². The third-order valence-corrected chi connectivity index (χ3v) is 4.09. The lowest BCUT2D eigenvalue weighted by Crippen LogP contribution is -2.38. The Morgan fingerprint density at radius 1 is 1.62 bits per heavy atom. The number of aryl methyl sites for hydroxylation is 1. The lowest BCUT2D eigenvalue weighted by atomic mass is 10.1. The SMILES string of the molecule is Cc1ccc2c(c1)N(C)C(CC(=O)O)CS2. The van der Waals surface area contributed by atoms with E-state index in [0.717, 1.165) is 11.4 Å². The summed E-state index contributed by atoms with van der Waals surface area (Å²) in [6.07, 6.45) is 0.205. The maximum atomic E-state index is 10.8. The van der Waals surface area contributed by atoms with Gasteiger partial charge in [-0.25, -0.2) is 0 Å². The molecule has 1 heterocycles. The van der Waals surface area contributed by atoms with Gasteiger partial charge >= 0.3 is 5.97 Å². The van der Waals surface area contributed by atoms with E-state index in [9.17, 15) is 4.79 Å². The summed E-state index contributed by atoms with van der Waals surface area (Å²) in [5.74, 6) is 0.118. The highest BCUT2D eigenvalue weighted by Gasteiger charge is 2.25. The van der Waals surface area contributed by atoms with Gasteiger partial charge < -0.3 is 10.0 Å². The van der Waals surface area contributed by atoms with Crippen LogP contribution in [0.4, 0.5) is 5.69 Å². The van der Waals surface area contributed by atoms with Crippen molar-refractivity contribution in [2.45, 2.75) is 24.3 Å². The predicted molar refractivity (Wildman–Crippen MR) is 66.3 cm³/mol. The Hall–Kier alpha value is -1.16. The topological polar surface area (TPSA) is 40.5 Å². The van der Waals surface area contributed by atoms with Gasteiger partial charge in [-0.05, 0) is 24.6 Å². The van der Waals surface area contributed by atoms with Gasteiger partial charge in [-0.1, -0.05) is 6.07 Å². The minimum absolute atomic E-state index is 0.0943. The largest absolute Gasteiger partial charge is 0.481 e. The van der Waals surface area contributed by atoms with Gasteiger partial charge in [0.25, 0.3) is 0 Å². The first-order chi connectivity index (χ1) is 7.58. The molecule has 0 aliphatic carbocycles. The van der Waals surface area contributed by atoms with E-state index in [2.05, 4.69) is 30.0 Å². The molecule has 0 radical (unpaired) electrons. The summed E-state index contributed by atoms with van der Waals surface area (Å²) >= 11 is 1.75. The average Bonchev–Trinajstić information content (AvgIpc) is 2.22. The molecule has 0 spiro atoms. The van der Waals surface area contributed by atoms with Crippen LogP contribution in [0.25, 0.3) is 0 Å². The predicted octanol–water partition coefficient (Wildman–Crippen LogP) is 2.38. The molecule has 86 valence electrons. The van der Waals surface area contributed by atoms with Crippen LogP contribution in [0.2, 0.25) is 0 Å². The molecule has 0 amide bonds. The fourth-order valence-corrected chi connectivity index (χ4v) is 3.15. The van der Waals surface area contributed by atoms with Crippen LogP contribution < -0.4 is 4.90 Å². The van der Waals surface area contributed by atoms with Gasteiger partial charge in [0.15, 0.2) is 0 Å². The number of aliphatic carboxylic acids is 1. The quantitative estimate of drug-likeness (QED) is 0.857. The van der Waals surface area contributed by atoms with Crippen molar-refractivity contribution >= 4 is 23.4 Å². The first-order valence-electron chi connectivity index (χ1n) is 5.26. The molecule has 3 nitrogen and oxygen atoms in total. The van der Waals surface area contributed by atoms with E-state index in [0.29, 0.717) is 0 Å². The van der Waals surface area contributed by atoms with Gasteiger partial charge in [-0.3, -0.25) is 4.79 Å². The van der Waals surface area contributed by atoms with Crippen LogP contribution in [-0.4, -0.2) is 29.9 Å². The number of carboxylic acid groups (broad SMARTS) is 1. The molecular weight excluding hydrogens is 222 g/mol. The minimum atomic E-state index is -0.728. The van der Waals surface area contributed by atoms with E-state index >= 15 is 0 Å². The second-order valence-electron chi connectivity index (χ2n) is 4.14. The number of carboxylic acids is 1. The number of carbonyl (C=O) groups is 1. The van der Waals surface area contributed by atoms with Crippen molar-refractivity contribution < 1.29 is 9.90 Å². The highest BCUT2D eigenvalue weighted by atomic mass is 32.2. The average molecular weight is 237 g/mol. The summed E-state index contributed by atoms with van der Waals surface area (Å²) < 4.78 is 0. The van der Waals surface area contributed by atoms with Crippen LogP contribution in [0, 0.1) is 6.92 Å².